The lowest BCUT2D eigenvalue weighted by Gasteiger charge is -2.39. The van der Waals surface area contributed by atoms with Crippen molar-refractivity contribution in [3.63, 3.8) is 0 Å². The second-order valence-electron chi connectivity index (χ2n) is 9.67. The fraction of sp³-hybridized carbons (Fsp3) is 0.680. The number of benzene rings is 1. The Balaban J connectivity index is 1.43. The number of aryl methyl sites for hydroxylation is 1. The highest BCUT2D eigenvalue weighted by molar-refractivity contribution is 5.93. The Hall–Kier alpha value is -1.92. The van der Waals surface area contributed by atoms with E-state index in [1.807, 2.05) is 26.0 Å². The number of piperazine rings is 1. The average Bonchev–Trinajstić information content (AvgIpc) is 2.74. The summed E-state index contributed by atoms with van der Waals surface area (Å²) in [7, 11) is 0. The van der Waals surface area contributed by atoms with Crippen LogP contribution in [-0.4, -0.2) is 66.4 Å². The Morgan fingerprint density at radius 1 is 1.10 bits per heavy atom. The summed E-state index contributed by atoms with van der Waals surface area (Å²) >= 11 is 0. The number of amides is 2. The first kappa shape index (κ1) is 23.7. The maximum absolute atomic E-state index is 12.9. The van der Waals surface area contributed by atoms with Crippen LogP contribution in [0.2, 0.25) is 0 Å². The zero-order valence-electron chi connectivity index (χ0n) is 19.9. The molecule has 2 amide bonds. The SMILES string of the molecule is Cc1cccc(NC(=O)CN2CCN([C@H](C)C(=O)N[C@H]3CCC[C@H](C)[C@@H]3C)CC2)c1C. The molecule has 3 rings (SSSR count). The molecule has 2 fully saturated rings. The maximum Gasteiger partial charge on any atom is 0.238 e. The lowest BCUT2D eigenvalue weighted by molar-refractivity contribution is -0.128. The van der Waals surface area contributed by atoms with E-state index in [2.05, 4.69) is 47.3 Å². The third-order valence-electron chi connectivity index (χ3n) is 7.61. The van der Waals surface area contributed by atoms with Gasteiger partial charge < -0.3 is 10.6 Å². The zero-order valence-corrected chi connectivity index (χ0v) is 19.9. The van der Waals surface area contributed by atoms with Crippen molar-refractivity contribution in [3.8, 4) is 0 Å². The molecular formula is C25H40N4O2. The number of hydrogen-bond acceptors (Lipinski definition) is 4. The van der Waals surface area contributed by atoms with Crippen molar-refractivity contribution in [3.05, 3.63) is 29.3 Å². The highest BCUT2D eigenvalue weighted by Gasteiger charge is 2.31. The van der Waals surface area contributed by atoms with Crippen LogP contribution in [-0.2, 0) is 9.59 Å². The molecule has 1 aromatic rings. The largest absolute Gasteiger partial charge is 0.352 e. The number of nitrogens with one attached hydrogen (secondary N) is 2. The van der Waals surface area contributed by atoms with Crippen molar-refractivity contribution in [1.29, 1.82) is 0 Å². The van der Waals surface area contributed by atoms with Gasteiger partial charge in [-0.3, -0.25) is 19.4 Å². The molecule has 172 valence electrons. The third kappa shape index (κ3) is 6.07. The molecule has 0 aromatic heterocycles. The second kappa shape index (κ2) is 10.6. The second-order valence-corrected chi connectivity index (χ2v) is 9.67. The lowest BCUT2D eigenvalue weighted by Crippen LogP contribution is -2.56. The molecule has 0 spiro atoms. The molecule has 1 saturated carbocycles. The number of nitrogens with zero attached hydrogens (tertiary/aromatic N) is 2. The Labute approximate surface area is 187 Å². The van der Waals surface area contributed by atoms with Crippen molar-refractivity contribution in [1.82, 2.24) is 15.1 Å². The first-order valence-electron chi connectivity index (χ1n) is 11.9. The fourth-order valence-corrected chi connectivity index (χ4v) is 4.84. The molecule has 1 aromatic carbocycles. The Morgan fingerprint density at radius 2 is 1.81 bits per heavy atom. The first-order valence-corrected chi connectivity index (χ1v) is 11.9. The minimum atomic E-state index is -0.129. The summed E-state index contributed by atoms with van der Waals surface area (Å²) in [6, 6.07) is 6.14. The van der Waals surface area contributed by atoms with E-state index in [4.69, 9.17) is 0 Å². The standard InChI is InChI=1S/C25H40N4O2/c1-17-8-6-10-22(19(17)3)26-24(30)16-28-12-14-29(15-13-28)21(5)25(31)27-23-11-7-9-18(2)20(23)4/h6,8,10,18,20-21,23H,7,9,11-16H2,1-5H3,(H,26,30)(H,27,31)/t18-,20-,21+,23-/m0/s1. The fourth-order valence-electron chi connectivity index (χ4n) is 4.84. The van der Waals surface area contributed by atoms with E-state index in [0.717, 1.165) is 43.9 Å². The van der Waals surface area contributed by atoms with Crippen LogP contribution in [0, 0.1) is 25.7 Å². The zero-order chi connectivity index (χ0) is 22.5. The molecule has 0 bridgehead atoms. The van der Waals surface area contributed by atoms with Gasteiger partial charge in [0.05, 0.1) is 12.6 Å². The van der Waals surface area contributed by atoms with Gasteiger partial charge in [0.2, 0.25) is 11.8 Å². The van der Waals surface area contributed by atoms with Crippen LogP contribution < -0.4 is 10.6 Å². The monoisotopic (exact) mass is 428 g/mol. The highest BCUT2D eigenvalue weighted by atomic mass is 16.2. The van der Waals surface area contributed by atoms with Crippen LogP contribution in [0.5, 0.6) is 0 Å². The number of carbonyl (C=O) groups excluding carboxylic acids is 2. The number of hydrogen-bond donors (Lipinski definition) is 2. The van der Waals surface area contributed by atoms with Crippen LogP contribution >= 0.6 is 0 Å². The van der Waals surface area contributed by atoms with Gasteiger partial charge in [-0.2, -0.15) is 0 Å². The van der Waals surface area contributed by atoms with Crippen molar-refractivity contribution in [2.45, 2.75) is 66.0 Å². The van der Waals surface area contributed by atoms with Crippen LogP contribution in [0.3, 0.4) is 0 Å². The summed E-state index contributed by atoms with van der Waals surface area (Å²) in [5, 5.41) is 6.36. The van der Waals surface area contributed by atoms with E-state index in [9.17, 15) is 9.59 Å². The molecule has 0 unspecified atom stereocenters. The van der Waals surface area contributed by atoms with E-state index in [-0.39, 0.29) is 17.9 Å². The molecule has 1 aliphatic heterocycles. The van der Waals surface area contributed by atoms with Gasteiger partial charge >= 0.3 is 0 Å². The summed E-state index contributed by atoms with van der Waals surface area (Å²) in [6.07, 6.45) is 3.56. The molecule has 1 saturated heterocycles. The van der Waals surface area contributed by atoms with Crippen LogP contribution in [0.1, 0.15) is 51.2 Å². The number of rotatable bonds is 6. The maximum atomic E-state index is 12.9. The van der Waals surface area contributed by atoms with E-state index < -0.39 is 0 Å². The van der Waals surface area contributed by atoms with E-state index in [1.165, 1.54) is 18.4 Å². The van der Waals surface area contributed by atoms with Gasteiger partial charge in [-0.1, -0.05) is 38.8 Å². The van der Waals surface area contributed by atoms with E-state index in [0.29, 0.717) is 24.4 Å². The summed E-state index contributed by atoms with van der Waals surface area (Å²) < 4.78 is 0. The van der Waals surface area contributed by atoms with Crippen LogP contribution in [0.4, 0.5) is 5.69 Å². The van der Waals surface area contributed by atoms with Crippen molar-refractivity contribution < 1.29 is 9.59 Å². The summed E-state index contributed by atoms with van der Waals surface area (Å²) in [4.78, 5) is 29.8. The average molecular weight is 429 g/mol. The Bertz CT molecular complexity index is 773. The van der Waals surface area contributed by atoms with Gasteiger partial charge in [0, 0.05) is 37.9 Å². The normalized spacial score (nSPS) is 26.3. The molecule has 6 nitrogen and oxygen atoms in total. The Morgan fingerprint density at radius 3 is 2.52 bits per heavy atom. The van der Waals surface area contributed by atoms with Gasteiger partial charge in [-0.15, -0.1) is 0 Å². The van der Waals surface area contributed by atoms with Crippen LogP contribution in [0.25, 0.3) is 0 Å². The molecule has 0 radical (unpaired) electrons. The smallest absolute Gasteiger partial charge is 0.238 e. The van der Waals surface area contributed by atoms with Gasteiger partial charge in [0.25, 0.3) is 0 Å². The first-order chi connectivity index (χ1) is 14.8. The van der Waals surface area contributed by atoms with E-state index in [1.54, 1.807) is 0 Å². The topological polar surface area (TPSA) is 64.7 Å². The van der Waals surface area contributed by atoms with Crippen molar-refractivity contribution in [2.75, 3.05) is 38.0 Å². The van der Waals surface area contributed by atoms with Crippen LogP contribution in [0.15, 0.2) is 18.2 Å². The minimum absolute atomic E-state index is 0.0216. The van der Waals surface area contributed by atoms with Crippen molar-refractivity contribution >= 4 is 17.5 Å². The Kier molecular flexibility index (Phi) is 8.11. The molecule has 2 aliphatic rings. The molecule has 1 heterocycles. The highest BCUT2D eigenvalue weighted by Crippen LogP contribution is 2.29. The molecule has 2 N–H and O–H groups in total. The quantitative estimate of drug-likeness (QED) is 0.730. The number of carbonyl (C=O) groups is 2. The molecule has 31 heavy (non-hydrogen) atoms. The van der Waals surface area contributed by atoms with Gasteiger partial charge in [0.15, 0.2) is 0 Å². The van der Waals surface area contributed by atoms with Crippen molar-refractivity contribution in [2.24, 2.45) is 11.8 Å². The predicted molar refractivity (Wildman–Crippen MR) is 126 cm³/mol. The molecule has 1 aliphatic carbocycles. The molecule has 4 atom stereocenters. The van der Waals surface area contributed by atoms with Gasteiger partial charge in [-0.25, -0.2) is 0 Å². The number of anilines is 1. The summed E-state index contributed by atoms with van der Waals surface area (Å²) in [5.41, 5.74) is 3.18. The lowest BCUT2D eigenvalue weighted by atomic mass is 9.78. The van der Waals surface area contributed by atoms with Gasteiger partial charge in [0.1, 0.15) is 0 Å². The molecule has 6 heteroatoms. The van der Waals surface area contributed by atoms with E-state index >= 15 is 0 Å². The summed E-state index contributed by atoms with van der Waals surface area (Å²) in [6.45, 7) is 14.3. The van der Waals surface area contributed by atoms with Gasteiger partial charge in [-0.05, 0) is 56.2 Å². The third-order valence-corrected chi connectivity index (χ3v) is 7.61. The molecular weight excluding hydrogens is 388 g/mol. The minimum Gasteiger partial charge on any atom is -0.352 e. The predicted octanol–water partition coefficient (Wildman–Crippen LogP) is 3.19. The summed E-state index contributed by atoms with van der Waals surface area (Å²) in [5.74, 6) is 1.38.